The van der Waals surface area contributed by atoms with Crippen LogP contribution < -0.4 is 0 Å². The van der Waals surface area contributed by atoms with Crippen molar-refractivity contribution >= 4 is 20.2 Å². The Kier molecular flexibility index (Phi) is 2.68. The van der Waals surface area contributed by atoms with Crippen molar-refractivity contribution in [2.75, 3.05) is 0 Å². The predicted molar refractivity (Wildman–Crippen MR) is 20.3 cm³/mol. The van der Waals surface area contributed by atoms with Crippen LogP contribution >= 0.6 is 12.9 Å². The summed E-state index contributed by atoms with van der Waals surface area (Å²) in [5, 5.41) is 15.2. The van der Waals surface area contributed by atoms with E-state index < -0.39 is 7.32 Å². The quantitative estimate of drug-likeness (QED) is 0.217. The van der Waals surface area contributed by atoms with Crippen LogP contribution in [0, 0.1) is 0 Å². The first-order chi connectivity index (χ1) is 2.27. The van der Waals surface area contributed by atoms with E-state index in [0.29, 0.717) is 0 Å². The van der Waals surface area contributed by atoms with Crippen LogP contribution in [0.1, 0.15) is 0 Å². The van der Waals surface area contributed by atoms with Crippen molar-refractivity contribution in [2.24, 2.45) is 0 Å². The van der Waals surface area contributed by atoms with Crippen LogP contribution in [0.4, 0.5) is 0 Å². The Morgan fingerprint density at radius 2 is 1.80 bits per heavy atom. The summed E-state index contributed by atoms with van der Waals surface area (Å²) in [6.07, 6.45) is 0. The zero-order valence-electron chi connectivity index (χ0n) is 2.33. The lowest BCUT2D eigenvalue weighted by Crippen LogP contribution is -2.09. The molecule has 0 unspecified atom stereocenters. The second-order valence-electron chi connectivity index (χ2n) is 0.432. The van der Waals surface area contributed by atoms with E-state index in [0.717, 1.165) is 0 Å². The standard InChI is InChI=1S/BH3O3S/c2-1(3)4-5/h2-3,5H. The molecule has 0 atom stereocenters. The first-order valence-corrected chi connectivity index (χ1v) is 1.30. The maximum absolute atomic E-state index is 7.62. The second-order valence-corrected chi connectivity index (χ2v) is 0.643. The third kappa shape index (κ3) is 4.29. The highest BCUT2D eigenvalue weighted by Gasteiger charge is 2.02. The lowest BCUT2D eigenvalue weighted by Gasteiger charge is -1.82. The summed E-state index contributed by atoms with van der Waals surface area (Å²) in [4.78, 5) is 0. The molecule has 0 amide bonds. The van der Waals surface area contributed by atoms with E-state index in [1.54, 1.807) is 0 Å². The molecule has 0 aliphatic rings. The monoisotopic (exact) mass is 94.0 g/mol. The second kappa shape index (κ2) is 2.53. The predicted octanol–water partition coefficient (Wildman–Crippen LogP) is -1.18. The number of thiol groups is 1. The Labute approximate surface area is 35.4 Å². The van der Waals surface area contributed by atoms with Crippen LogP contribution in [0.25, 0.3) is 0 Å². The summed E-state index contributed by atoms with van der Waals surface area (Å²) in [7, 11) is -1.75. The molecule has 0 aromatic carbocycles. The fraction of sp³-hybridized carbons (Fsp3) is 0. The van der Waals surface area contributed by atoms with E-state index in [1.165, 1.54) is 0 Å². The van der Waals surface area contributed by atoms with Crippen molar-refractivity contribution in [1.82, 2.24) is 0 Å². The molecule has 0 aliphatic heterocycles. The molecular formula is H3BO3S. The van der Waals surface area contributed by atoms with Gasteiger partial charge in [0.25, 0.3) is 0 Å². The molecule has 0 aromatic rings. The van der Waals surface area contributed by atoms with Gasteiger partial charge in [0.05, 0.1) is 0 Å². The Bertz CT molecular complexity index is 20.9. The minimum Gasteiger partial charge on any atom is -0.401 e. The Morgan fingerprint density at radius 3 is 1.80 bits per heavy atom. The van der Waals surface area contributed by atoms with E-state index >= 15 is 0 Å². The molecule has 0 spiro atoms. The Hall–Kier alpha value is 0.295. The highest BCUT2D eigenvalue weighted by Crippen LogP contribution is 1.74. The van der Waals surface area contributed by atoms with Crippen molar-refractivity contribution in [2.45, 2.75) is 0 Å². The Morgan fingerprint density at radius 1 is 1.60 bits per heavy atom. The van der Waals surface area contributed by atoms with Gasteiger partial charge in [-0.05, 0) is 12.9 Å². The summed E-state index contributed by atoms with van der Waals surface area (Å²) >= 11 is 3.02. The molecular weight excluding hydrogens is 90.9 g/mol. The average molecular weight is 93.9 g/mol. The van der Waals surface area contributed by atoms with Crippen molar-refractivity contribution in [3.05, 3.63) is 0 Å². The van der Waals surface area contributed by atoms with E-state index in [9.17, 15) is 0 Å². The van der Waals surface area contributed by atoms with Crippen molar-refractivity contribution < 1.29 is 14.1 Å². The van der Waals surface area contributed by atoms with Crippen LogP contribution in [0.5, 0.6) is 0 Å². The van der Waals surface area contributed by atoms with Crippen molar-refractivity contribution in [1.29, 1.82) is 0 Å². The first kappa shape index (κ1) is 5.29. The van der Waals surface area contributed by atoms with Crippen LogP contribution in [0.15, 0.2) is 0 Å². The van der Waals surface area contributed by atoms with Crippen LogP contribution in [-0.4, -0.2) is 17.4 Å². The van der Waals surface area contributed by atoms with Gasteiger partial charge in [0.15, 0.2) is 0 Å². The molecule has 0 heterocycles. The fourth-order valence-electron chi connectivity index (χ4n) is 0. The van der Waals surface area contributed by atoms with Crippen LogP contribution in [-0.2, 0) is 4.10 Å². The van der Waals surface area contributed by atoms with Gasteiger partial charge in [-0.15, -0.1) is 0 Å². The smallest absolute Gasteiger partial charge is 0.401 e. The Balaban J connectivity index is 2.54. The molecule has 0 bridgehead atoms. The number of rotatable bonds is 1. The molecule has 2 N–H and O–H groups in total. The van der Waals surface area contributed by atoms with E-state index in [1.807, 2.05) is 0 Å². The zero-order valence-corrected chi connectivity index (χ0v) is 3.22. The van der Waals surface area contributed by atoms with Gasteiger partial charge in [-0.25, -0.2) is 0 Å². The highest BCUT2D eigenvalue weighted by molar-refractivity contribution is 7.76. The third-order valence-corrected chi connectivity index (χ3v) is 0.283. The largest absolute Gasteiger partial charge is 0.645 e. The third-order valence-electron chi connectivity index (χ3n) is 0.0943. The molecule has 0 fully saturated rings. The minimum atomic E-state index is -1.75. The van der Waals surface area contributed by atoms with Crippen molar-refractivity contribution in [3.8, 4) is 0 Å². The summed E-state index contributed by atoms with van der Waals surface area (Å²) in [6.45, 7) is 0. The van der Waals surface area contributed by atoms with E-state index in [-0.39, 0.29) is 0 Å². The average Bonchev–Trinajstić information content (AvgIpc) is 1.38. The van der Waals surface area contributed by atoms with Crippen LogP contribution in [0.2, 0.25) is 0 Å². The van der Waals surface area contributed by atoms with Gasteiger partial charge in [-0.3, -0.25) is 0 Å². The summed E-state index contributed by atoms with van der Waals surface area (Å²) < 4.78 is 3.56. The van der Waals surface area contributed by atoms with Crippen LogP contribution in [0.3, 0.4) is 0 Å². The number of hydrogen-bond acceptors (Lipinski definition) is 4. The maximum atomic E-state index is 7.62. The van der Waals surface area contributed by atoms with Gasteiger partial charge in [0, 0.05) is 0 Å². The topological polar surface area (TPSA) is 49.7 Å². The lowest BCUT2D eigenvalue weighted by atomic mass is 10.3. The first-order valence-electron chi connectivity index (χ1n) is 0.935. The van der Waals surface area contributed by atoms with Gasteiger partial charge in [0.2, 0.25) is 0 Å². The molecule has 0 aliphatic carbocycles. The van der Waals surface area contributed by atoms with E-state index in [4.69, 9.17) is 10.0 Å². The maximum Gasteiger partial charge on any atom is 0.645 e. The molecule has 5 heteroatoms. The molecule has 0 saturated heterocycles. The molecule has 0 aromatic heterocycles. The molecule has 5 heavy (non-hydrogen) atoms. The number of hydrogen-bond donors (Lipinski definition) is 3. The highest BCUT2D eigenvalue weighted by atomic mass is 32.1. The van der Waals surface area contributed by atoms with Gasteiger partial charge >= 0.3 is 7.32 Å². The van der Waals surface area contributed by atoms with Crippen molar-refractivity contribution in [3.63, 3.8) is 0 Å². The van der Waals surface area contributed by atoms with Gasteiger partial charge in [0.1, 0.15) is 0 Å². The molecule has 30 valence electrons. The van der Waals surface area contributed by atoms with Gasteiger partial charge < -0.3 is 14.1 Å². The SMILES string of the molecule is OB(O)OS. The summed E-state index contributed by atoms with van der Waals surface area (Å²) in [5.74, 6) is 0. The molecule has 0 saturated carbocycles. The lowest BCUT2D eigenvalue weighted by molar-refractivity contribution is 0.310. The fourth-order valence-corrected chi connectivity index (χ4v) is 0. The molecule has 3 nitrogen and oxygen atoms in total. The minimum absolute atomic E-state index is 1.75. The zero-order chi connectivity index (χ0) is 4.28. The molecule has 0 radical (unpaired) electrons. The normalized spacial score (nSPS) is 7.80. The summed E-state index contributed by atoms with van der Waals surface area (Å²) in [6, 6.07) is 0. The molecule has 0 rings (SSSR count). The summed E-state index contributed by atoms with van der Waals surface area (Å²) in [5.41, 5.74) is 0. The van der Waals surface area contributed by atoms with E-state index in [2.05, 4.69) is 17.0 Å². The van der Waals surface area contributed by atoms with Gasteiger partial charge in [-0.1, -0.05) is 0 Å². The van der Waals surface area contributed by atoms with Gasteiger partial charge in [-0.2, -0.15) is 0 Å².